The summed E-state index contributed by atoms with van der Waals surface area (Å²) in [5.41, 5.74) is 3.66. The minimum atomic E-state index is -0.907. The Kier molecular flexibility index (Phi) is 3.44. The van der Waals surface area contributed by atoms with Crippen molar-refractivity contribution in [2.45, 2.75) is 32.2 Å². The van der Waals surface area contributed by atoms with Crippen LogP contribution in [0.3, 0.4) is 0 Å². The van der Waals surface area contributed by atoms with E-state index in [4.69, 9.17) is 0 Å². The highest BCUT2D eigenvalue weighted by Crippen LogP contribution is 2.29. The number of hydrogen-bond acceptors (Lipinski definition) is 4. The van der Waals surface area contributed by atoms with Gasteiger partial charge in [-0.2, -0.15) is 4.37 Å². The molecule has 1 aromatic carbocycles. The largest absolute Gasteiger partial charge is 0.478 e. The van der Waals surface area contributed by atoms with E-state index in [1.54, 1.807) is 6.92 Å². The highest BCUT2D eigenvalue weighted by molar-refractivity contribution is 7.10. The van der Waals surface area contributed by atoms with Gasteiger partial charge in [0.25, 0.3) is 0 Å². The molecule has 1 aliphatic rings. The number of hydrogen-bond donors (Lipinski definition) is 2. The number of benzene rings is 1. The van der Waals surface area contributed by atoms with Gasteiger partial charge >= 0.3 is 5.97 Å². The van der Waals surface area contributed by atoms with Crippen LogP contribution in [0.4, 0.5) is 5.00 Å². The number of rotatable bonds is 3. The molecule has 4 nitrogen and oxygen atoms in total. The third-order valence-corrected chi connectivity index (χ3v) is 4.63. The van der Waals surface area contributed by atoms with Crippen LogP contribution in [-0.2, 0) is 12.8 Å². The Hall–Kier alpha value is -1.88. The van der Waals surface area contributed by atoms with Gasteiger partial charge < -0.3 is 10.4 Å². The van der Waals surface area contributed by atoms with Gasteiger partial charge in [-0.25, -0.2) is 4.79 Å². The monoisotopic (exact) mass is 288 g/mol. The molecule has 0 radical (unpaired) electrons. The minimum absolute atomic E-state index is 0.280. The second-order valence-electron chi connectivity index (χ2n) is 5.13. The lowest BCUT2D eigenvalue weighted by Gasteiger charge is -2.25. The zero-order valence-corrected chi connectivity index (χ0v) is 12.0. The van der Waals surface area contributed by atoms with Gasteiger partial charge in [-0.3, -0.25) is 0 Å². The van der Waals surface area contributed by atoms with E-state index in [0.717, 1.165) is 19.3 Å². The molecule has 0 aliphatic heterocycles. The molecule has 0 saturated carbocycles. The smallest absolute Gasteiger partial charge is 0.340 e. The maximum absolute atomic E-state index is 11.3. The van der Waals surface area contributed by atoms with E-state index in [2.05, 4.69) is 34.0 Å². The SMILES string of the molecule is Cc1nsc(NC2CCc3ccccc3C2)c1C(=O)O. The third kappa shape index (κ3) is 2.41. The molecule has 1 heterocycles. The standard InChI is InChI=1S/C15H16N2O2S/c1-9-13(15(18)19)14(20-17-9)16-12-7-6-10-4-2-3-5-11(10)8-12/h2-5,12,16H,6-8H2,1H3,(H,18,19). The lowest BCUT2D eigenvalue weighted by atomic mass is 9.88. The summed E-state index contributed by atoms with van der Waals surface area (Å²) in [6, 6.07) is 8.73. The van der Waals surface area contributed by atoms with Crippen LogP contribution >= 0.6 is 11.5 Å². The molecule has 3 rings (SSSR count). The third-order valence-electron chi connectivity index (χ3n) is 3.76. The fourth-order valence-corrected chi connectivity index (χ4v) is 3.59. The molecule has 0 bridgehead atoms. The summed E-state index contributed by atoms with van der Waals surface area (Å²) in [7, 11) is 0. The first-order chi connectivity index (χ1) is 9.65. The lowest BCUT2D eigenvalue weighted by Crippen LogP contribution is -2.27. The Morgan fingerprint density at radius 3 is 2.90 bits per heavy atom. The summed E-state index contributed by atoms with van der Waals surface area (Å²) in [6.07, 6.45) is 2.99. The predicted octanol–water partition coefficient (Wildman–Crippen LogP) is 3.12. The van der Waals surface area contributed by atoms with E-state index < -0.39 is 5.97 Å². The molecule has 0 spiro atoms. The topological polar surface area (TPSA) is 62.2 Å². The fraction of sp³-hybridized carbons (Fsp3) is 0.333. The van der Waals surface area contributed by atoms with Gasteiger partial charge in [-0.1, -0.05) is 24.3 Å². The zero-order valence-electron chi connectivity index (χ0n) is 11.2. The molecule has 104 valence electrons. The van der Waals surface area contributed by atoms with Crippen molar-refractivity contribution in [1.82, 2.24) is 4.37 Å². The summed E-state index contributed by atoms with van der Waals surface area (Å²) in [6.45, 7) is 1.74. The number of aromatic carboxylic acids is 1. The summed E-state index contributed by atoms with van der Waals surface area (Å²) in [4.78, 5) is 11.3. The molecule has 20 heavy (non-hydrogen) atoms. The van der Waals surface area contributed by atoms with Crippen LogP contribution < -0.4 is 5.32 Å². The summed E-state index contributed by atoms with van der Waals surface area (Å²) in [5, 5.41) is 13.3. The molecule has 2 aromatic rings. The molecular weight excluding hydrogens is 272 g/mol. The van der Waals surface area contributed by atoms with E-state index in [9.17, 15) is 9.90 Å². The lowest BCUT2D eigenvalue weighted by molar-refractivity contribution is 0.0697. The van der Waals surface area contributed by atoms with Crippen LogP contribution in [-0.4, -0.2) is 21.5 Å². The maximum atomic E-state index is 11.3. The van der Waals surface area contributed by atoms with E-state index in [0.29, 0.717) is 16.3 Å². The Bertz CT molecular complexity index is 651. The molecule has 1 atom stereocenters. The maximum Gasteiger partial charge on any atom is 0.340 e. The second kappa shape index (κ2) is 5.25. The van der Waals surface area contributed by atoms with Crippen LogP contribution in [0.15, 0.2) is 24.3 Å². The predicted molar refractivity (Wildman–Crippen MR) is 79.7 cm³/mol. The zero-order chi connectivity index (χ0) is 14.1. The Balaban J connectivity index is 1.79. The van der Waals surface area contributed by atoms with Crippen molar-refractivity contribution < 1.29 is 9.90 Å². The van der Waals surface area contributed by atoms with Crippen molar-refractivity contribution in [2.24, 2.45) is 0 Å². The number of carbonyl (C=O) groups is 1. The number of aromatic nitrogens is 1. The first-order valence-corrected chi connectivity index (χ1v) is 7.45. The van der Waals surface area contributed by atoms with E-state index in [1.165, 1.54) is 22.7 Å². The number of anilines is 1. The van der Waals surface area contributed by atoms with Crippen LogP contribution in [0.25, 0.3) is 0 Å². The van der Waals surface area contributed by atoms with E-state index >= 15 is 0 Å². The van der Waals surface area contributed by atoms with Crippen molar-refractivity contribution in [2.75, 3.05) is 5.32 Å². The molecule has 2 N–H and O–H groups in total. The fourth-order valence-electron chi connectivity index (χ4n) is 2.73. The molecule has 1 unspecified atom stereocenters. The quantitative estimate of drug-likeness (QED) is 0.911. The number of nitrogens with zero attached hydrogens (tertiary/aromatic N) is 1. The van der Waals surface area contributed by atoms with Gasteiger partial charge in [0.2, 0.25) is 0 Å². The average Bonchev–Trinajstić information content (AvgIpc) is 2.79. The molecule has 1 aliphatic carbocycles. The van der Waals surface area contributed by atoms with Gasteiger partial charge in [-0.15, -0.1) is 0 Å². The molecule has 0 fully saturated rings. The van der Waals surface area contributed by atoms with Crippen molar-refractivity contribution in [3.8, 4) is 0 Å². The van der Waals surface area contributed by atoms with Crippen LogP contribution in [0, 0.1) is 6.92 Å². The first-order valence-electron chi connectivity index (χ1n) is 6.68. The van der Waals surface area contributed by atoms with Gasteiger partial charge in [-0.05, 0) is 48.8 Å². The van der Waals surface area contributed by atoms with Crippen LogP contribution in [0.2, 0.25) is 0 Å². The molecule has 1 aromatic heterocycles. The van der Waals surface area contributed by atoms with Gasteiger partial charge in [0.15, 0.2) is 0 Å². The highest BCUT2D eigenvalue weighted by Gasteiger charge is 2.23. The number of carboxylic acids is 1. The average molecular weight is 288 g/mol. The van der Waals surface area contributed by atoms with Gasteiger partial charge in [0.05, 0.1) is 5.69 Å². The molecular formula is C15H16N2O2S. The molecule has 5 heteroatoms. The Labute approximate surface area is 121 Å². The first kappa shape index (κ1) is 13.1. The molecule has 0 saturated heterocycles. The summed E-state index contributed by atoms with van der Waals surface area (Å²) >= 11 is 1.24. The molecule has 0 amide bonds. The van der Waals surface area contributed by atoms with Crippen LogP contribution in [0.5, 0.6) is 0 Å². The number of carboxylic acid groups (broad SMARTS) is 1. The highest BCUT2D eigenvalue weighted by atomic mass is 32.1. The van der Waals surface area contributed by atoms with Crippen molar-refractivity contribution in [1.29, 1.82) is 0 Å². The normalized spacial score (nSPS) is 17.6. The summed E-state index contributed by atoms with van der Waals surface area (Å²) in [5.74, 6) is -0.907. The summed E-state index contributed by atoms with van der Waals surface area (Å²) < 4.78 is 4.15. The van der Waals surface area contributed by atoms with Gasteiger partial charge in [0.1, 0.15) is 10.6 Å². The van der Waals surface area contributed by atoms with Crippen molar-refractivity contribution in [3.05, 3.63) is 46.6 Å². The Morgan fingerprint density at radius 2 is 2.15 bits per heavy atom. The van der Waals surface area contributed by atoms with Crippen molar-refractivity contribution in [3.63, 3.8) is 0 Å². The number of aryl methyl sites for hydroxylation is 2. The van der Waals surface area contributed by atoms with Crippen molar-refractivity contribution >= 4 is 22.5 Å². The minimum Gasteiger partial charge on any atom is -0.478 e. The number of fused-ring (bicyclic) bond motifs is 1. The van der Waals surface area contributed by atoms with E-state index in [-0.39, 0.29) is 6.04 Å². The second-order valence-corrected chi connectivity index (χ2v) is 5.90. The Morgan fingerprint density at radius 1 is 1.40 bits per heavy atom. The number of nitrogens with one attached hydrogen (secondary N) is 1. The van der Waals surface area contributed by atoms with E-state index in [1.807, 2.05) is 0 Å². The van der Waals surface area contributed by atoms with Gasteiger partial charge in [0, 0.05) is 6.04 Å². The van der Waals surface area contributed by atoms with Crippen LogP contribution in [0.1, 0.15) is 33.6 Å².